The lowest BCUT2D eigenvalue weighted by atomic mass is 10.1. The van der Waals surface area contributed by atoms with Crippen LogP contribution in [0.25, 0.3) is 10.9 Å². The van der Waals surface area contributed by atoms with Gasteiger partial charge in [0.1, 0.15) is 5.75 Å². The number of hydrogen-bond donors (Lipinski definition) is 3. The molecule has 0 unspecified atom stereocenters. The minimum absolute atomic E-state index is 0.369. The van der Waals surface area contributed by atoms with Crippen molar-refractivity contribution in [2.45, 2.75) is 20.4 Å². The van der Waals surface area contributed by atoms with E-state index in [0.717, 1.165) is 28.9 Å². The van der Waals surface area contributed by atoms with Gasteiger partial charge in [-0.3, -0.25) is 0 Å². The topological polar surface area (TPSA) is 48.0 Å². The first-order chi connectivity index (χ1) is 9.66. The summed E-state index contributed by atoms with van der Waals surface area (Å²) in [4.78, 5) is 3.27. The fourth-order valence-corrected chi connectivity index (χ4v) is 2.50. The molecule has 3 heteroatoms. The van der Waals surface area contributed by atoms with Gasteiger partial charge in [0, 0.05) is 34.9 Å². The molecule has 1 aromatic heterocycles. The summed E-state index contributed by atoms with van der Waals surface area (Å²) >= 11 is 0. The summed E-state index contributed by atoms with van der Waals surface area (Å²) in [5.74, 6) is 0.369. The maximum absolute atomic E-state index is 9.97. The number of H-pyrrole nitrogens is 1. The Morgan fingerprint density at radius 3 is 2.75 bits per heavy atom. The summed E-state index contributed by atoms with van der Waals surface area (Å²) in [7, 11) is 0. The van der Waals surface area contributed by atoms with E-state index < -0.39 is 0 Å². The molecule has 0 saturated carbocycles. The quantitative estimate of drug-likeness (QED) is 0.668. The maximum Gasteiger partial charge on any atom is 0.123 e. The average molecular weight is 266 g/mol. The first-order valence-electron chi connectivity index (χ1n) is 6.75. The SMILES string of the molecule is Cc1ccc(NCc2c[nH]c3ccccc23)c(C)c1O. The summed E-state index contributed by atoms with van der Waals surface area (Å²) in [6.45, 7) is 4.57. The van der Waals surface area contributed by atoms with Gasteiger partial charge in [-0.2, -0.15) is 0 Å². The molecule has 0 aliphatic carbocycles. The second-order valence-corrected chi connectivity index (χ2v) is 5.12. The Balaban J connectivity index is 1.85. The van der Waals surface area contributed by atoms with Gasteiger partial charge < -0.3 is 15.4 Å². The number of aromatic nitrogens is 1. The number of fused-ring (bicyclic) bond motifs is 1. The zero-order valence-electron chi connectivity index (χ0n) is 11.7. The number of anilines is 1. The molecule has 0 radical (unpaired) electrons. The third kappa shape index (κ3) is 2.11. The van der Waals surface area contributed by atoms with E-state index in [1.54, 1.807) is 0 Å². The molecule has 3 nitrogen and oxygen atoms in total. The second kappa shape index (κ2) is 4.93. The van der Waals surface area contributed by atoms with E-state index in [-0.39, 0.29) is 0 Å². The monoisotopic (exact) mass is 266 g/mol. The van der Waals surface area contributed by atoms with Crippen molar-refractivity contribution in [1.82, 2.24) is 4.98 Å². The van der Waals surface area contributed by atoms with E-state index in [1.807, 2.05) is 44.3 Å². The van der Waals surface area contributed by atoms with Crippen LogP contribution in [0.1, 0.15) is 16.7 Å². The molecule has 102 valence electrons. The lowest BCUT2D eigenvalue weighted by Gasteiger charge is -2.12. The van der Waals surface area contributed by atoms with Gasteiger partial charge in [-0.05, 0) is 37.1 Å². The zero-order valence-corrected chi connectivity index (χ0v) is 11.7. The standard InChI is InChI=1S/C17H18N2O/c1-11-7-8-15(12(2)17(11)20)18-9-13-10-19-16-6-4-3-5-14(13)16/h3-8,10,18-20H,9H2,1-2H3. The van der Waals surface area contributed by atoms with Crippen LogP contribution in [0.15, 0.2) is 42.6 Å². The predicted molar refractivity (Wildman–Crippen MR) is 83.2 cm³/mol. The number of aromatic hydroxyl groups is 1. The molecule has 3 N–H and O–H groups in total. The summed E-state index contributed by atoms with van der Waals surface area (Å²) in [5.41, 5.74) is 5.14. The van der Waals surface area contributed by atoms with Gasteiger partial charge in [0.2, 0.25) is 0 Å². The largest absolute Gasteiger partial charge is 0.507 e. The van der Waals surface area contributed by atoms with Crippen molar-refractivity contribution in [1.29, 1.82) is 0 Å². The molecule has 2 aromatic carbocycles. The minimum atomic E-state index is 0.369. The van der Waals surface area contributed by atoms with Crippen LogP contribution in [-0.4, -0.2) is 10.1 Å². The molecule has 20 heavy (non-hydrogen) atoms. The minimum Gasteiger partial charge on any atom is -0.507 e. The highest BCUT2D eigenvalue weighted by Gasteiger charge is 2.07. The third-order valence-corrected chi connectivity index (χ3v) is 3.78. The van der Waals surface area contributed by atoms with Crippen molar-refractivity contribution < 1.29 is 5.11 Å². The average Bonchev–Trinajstić information content (AvgIpc) is 2.87. The smallest absolute Gasteiger partial charge is 0.123 e. The Morgan fingerprint density at radius 1 is 1.10 bits per heavy atom. The van der Waals surface area contributed by atoms with Gasteiger partial charge in [0.25, 0.3) is 0 Å². The Bertz CT molecular complexity index is 759. The number of nitrogens with one attached hydrogen (secondary N) is 2. The van der Waals surface area contributed by atoms with E-state index in [9.17, 15) is 5.11 Å². The normalized spacial score (nSPS) is 10.9. The number of phenolic OH excluding ortho intramolecular Hbond substituents is 1. The van der Waals surface area contributed by atoms with Crippen LogP contribution >= 0.6 is 0 Å². The number of benzene rings is 2. The van der Waals surface area contributed by atoms with Crippen LogP contribution < -0.4 is 5.32 Å². The molecule has 0 aliphatic rings. The molecule has 0 fully saturated rings. The number of rotatable bonds is 3. The molecule has 0 amide bonds. The van der Waals surface area contributed by atoms with Gasteiger partial charge in [-0.15, -0.1) is 0 Å². The number of hydrogen-bond acceptors (Lipinski definition) is 2. The molecule has 0 saturated heterocycles. The summed E-state index contributed by atoms with van der Waals surface area (Å²) in [5, 5.41) is 14.6. The molecule has 0 spiro atoms. The van der Waals surface area contributed by atoms with Gasteiger partial charge >= 0.3 is 0 Å². The zero-order chi connectivity index (χ0) is 14.1. The van der Waals surface area contributed by atoms with Gasteiger partial charge in [0.05, 0.1) is 0 Å². The molecular weight excluding hydrogens is 248 g/mol. The molecule has 0 bridgehead atoms. The summed E-state index contributed by atoms with van der Waals surface area (Å²) in [6.07, 6.45) is 2.03. The first kappa shape index (κ1) is 12.6. The predicted octanol–water partition coefficient (Wildman–Crippen LogP) is 4.10. The fraction of sp³-hybridized carbons (Fsp3) is 0.176. The Labute approximate surface area is 118 Å². The van der Waals surface area contributed by atoms with Gasteiger partial charge in [-0.25, -0.2) is 0 Å². The summed E-state index contributed by atoms with van der Waals surface area (Å²) < 4.78 is 0. The molecule has 1 heterocycles. The van der Waals surface area contributed by atoms with Crippen molar-refractivity contribution in [3.63, 3.8) is 0 Å². The van der Waals surface area contributed by atoms with Gasteiger partial charge in [0.15, 0.2) is 0 Å². The highest BCUT2D eigenvalue weighted by Crippen LogP contribution is 2.28. The van der Waals surface area contributed by atoms with Crippen molar-refractivity contribution in [2.75, 3.05) is 5.32 Å². The lowest BCUT2D eigenvalue weighted by Crippen LogP contribution is -2.01. The number of para-hydroxylation sites is 1. The molecule has 0 aliphatic heterocycles. The maximum atomic E-state index is 9.97. The molecule has 3 rings (SSSR count). The Hall–Kier alpha value is -2.42. The van der Waals surface area contributed by atoms with Crippen LogP contribution in [0.3, 0.4) is 0 Å². The van der Waals surface area contributed by atoms with Crippen molar-refractivity contribution in [2.24, 2.45) is 0 Å². The highest BCUT2D eigenvalue weighted by molar-refractivity contribution is 5.83. The fourth-order valence-electron chi connectivity index (χ4n) is 2.50. The van der Waals surface area contributed by atoms with E-state index in [0.29, 0.717) is 5.75 Å². The Morgan fingerprint density at radius 2 is 1.90 bits per heavy atom. The van der Waals surface area contributed by atoms with Crippen LogP contribution in [-0.2, 0) is 6.54 Å². The van der Waals surface area contributed by atoms with E-state index in [2.05, 4.69) is 22.4 Å². The molecule has 3 aromatic rings. The van der Waals surface area contributed by atoms with E-state index in [1.165, 1.54) is 10.9 Å². The summed E-state index contributed by atoms with van der Waals surface area (Å²) in [6, 6.07) is 12.2. The van der Waals surface area contributed by atoms with Crippen molar-refractivity contribution in [3.05, 3.63) is 59.3 Å². The van der Waals surface area contributed by atoms with Crippen LogP contribution in [0.4, 0.5) is 5.69 Å². The van der Waals surface area contributed by atoms with Crippen molar-refractivity contribution in [3.8, 4) is 5.75 Å². The van der Waals surface area contributed by atoms with Crippen LogP contribution in [0, 0.1) is 13.8 Å². The number of aromatic amines is 1. The molecular formula is C17H18N2O. The van der Waals surface area contributed by atoms with E-state index >= 15 is 0 Å². The van der Waals surface area contributed by atoms with Crippen LogP contribution in [0.2, 0.25) is 0 Å². The number of phenols is 1. The number of aryl methyl sites for hydroxylation is 1. The lowest BCUT2D eigenvalue weighted by molar-refractivity contribution is 0.467. The van der Waals surface area contributed by atoms with Crippen molar-refractivity contribution >= 4 is 16.6 Å². The molecule has 0 atom stereocenters. The first-order valence-corrected chi connectivity index (χ1v) is 6.75. The Kier molecular flexibility index (Phi) is 3.11. The second-order valence-electron chi connectivity index (χ2n) is 5.12. The van der Waals surface area contributed by atoms with Crippen LogP contribution in [0.5, 0.6) is 5.75 Å². The highest BCUT2D eigenvalue weighted by atomic mass is 16.3. The van der Waals surface area contributed by atoms with E-state index in [4.69, 9.17) is 0 Å². The third-order valence-electron chi connectivity index (χ3n) is 3.78. The van der Waals surface area contributed by atoms with Gasteiger partial charge in [-0.1, -0.05) is 24.3 Å².